The van der Waals surface area contributed by atoms with Crippen LogP contribution in [0.25, 0.3) is 0 Å². The van der Waals surface area contributed by atoms with Crippen LogP contribution < -0.4 is 15.8 Å². The van der Waals surface area contributed by atoms with Crippen LogP contribution in [-0.4, -0.2) is 35.8 Å². The Bertz CT molecular complexity index is 676. The van der Waals surface area contributed by atoms with E-state index in [1.807, 2.05) is 30.3 Å². The second-order valence-corrected chi connectivity index (χ2v) is 5.73. The zero-order chi connectivity index (χ0) is 18.1. The molecule has 0 heterocycles. The number of rotatable bonds is 10. The number of unbranched alkanes of at least 4 members (excludes halogenated alkanes) is 1. The lowest BCUT2D eigenvalue weighted by Gasteiger charge is -2.12. The Morgan fingerprint density at radius 1 is 1.16 bits per heavy atom. The van der Waals surface area contributed by atoms with Gasteiger partial charge < -0.3 is 26.0 Å². The number of hydrogen-bond donors (Lipinski definition) is 4. The van der Waals surface area contributed by atoms with Crippen LogP contribution in [-0.2, 0) is 0 Å². The Hall–Kier alpha value is -2.57. The number of carbonyl (C=O) groups is 1. The Labute approximate surface area is 147 Å². The highest BCUT2D eigenvalue weighted by molar-refractivity contribution is 5.95. The predicted octanol–water partition coefficient (Wildman–Crippen LogP) is 1.97. The number of nitrogens with two attached hydrogens (primary N) is 1. The van der Waals surface area contributed by atoms with Crippen molar-refractivity contribution in [2.24, 2.45) is 5.73 Å². The third-order valence-corrected chi connectivity index (χ3v) is 3.77. The first kappa shape index (κ1) is 18.8. The van der Waals surface area contributed by atoms with Crippen molar-refractivity contribution < 1.29 is 19.7 Å². The molecular weight excluding hydrogens is 320 g/mol. The summed E-state index contributed by atoms with van der Waals surface area (Å²) in [7, 11) is 0. The molecule has 1 amide bonds. The van der Waals surface area contributed by atoms with Gasteiger partial charge in [-0.1, -0.05) is 30.3 Å². The first-order valence-corrected chi connectivity index (χ1v) is 8.27. The van der Waals surface area contributed by atoms with Gasteiger partial charge >= 0.3 is 0 Å². The number of nitrogens with one attached hydrogen (secondary N) is 1. The Morgan fingerprint density at radius 2 is 1.92 bits per heavy atom. The zero-order valence-corrected chi connectivity index (χ0v) is 14.0. The summed E-state index contributed by atoms with van der Waals surface area (Å²) in [5, 5.41) is 22.7. The number of ether oxygens (including phenoxy) is 1. The fourth-order valence-electron chi connectivity index (χ4n) is 2.38. The summed E-state index contributed by atoms with van der Waals surface area (Å²) >= 11 is 0. The smallest absolute Gasteiger partial charge is 0.252 e. The molecule has 0 radical (unpaired) electrons. The van der Waals surface area contributed by atoms with Crippen molar-refractivity contribution >= 4 is 5.91 Å². The number of aliphatic hydroxyl groups excluding tert-OH is 1. The molecule has 5 N–H and O–H groups in total. The number of aliphatic hydroxyl groups is 1. The van der Waals surface area contributed by atoms with E-state index >= 15 is 0 Å². The van der Waals surface area contributed by atoms with Gasteiger partial charge in [0.25, 0.3) is 5.91 Å². The minimum absolute atomic E-state index is 0.0501. The van der Waals surface area contributed by atoms with Crippen LogP contribution in [0.5, 0.6) is 11.5 Å². The molecule has 0 aliphatic heterocycles. The number of primary amides is 1. The molecular formula is C19H24N2O4. The molecule has 2 aromatic carbocycles. The number of benzene rings is 2. The molecule has 0 aliphatic rings. The van der Waals surface area contributed by atoms with Crippen LogP contribution >= 0.6 is 0 Å². The van der Waals surface area contributed by atoms with Gasteiger partial charge in [-0.25, -0.2) is 0 Å². The monoisotopic (exact) mass is 344 g/mol. The minimum Gasteiger partial charge on any atom is -0.507 e. The molecule has 6 heteroatoms. The molecule has 0 aromatic heterocycles. The van der Waals surface area contributed by atoms with Gasteiger partial charge in [0, 0.05) is 6.54 Å². The molecule has 1 atom stereocenters. The maximum Gasteiger partial charge on any atom is 0.252 e. The van der Waals surface area contributed by atoms with Gasteiger partial charge in [-0.15, -0.1) is 0 Å². The summed E-state index contributed by atoms with van der Waals surface area (Å²) in [6.45, 7) is 1.77. The first-order chi connectivity index (χ1) is 12.1. The fourth-order valence-corrected chi connectivity index (χ4v) is 2.38. The number of aromatic hydroxyl groups is 1. The van der Waals surface area contributed by atoms with E-state index in [9.17, 15) is 15.0 Å². The average Bonchev–Trinajstić information content (AvgIpc) is 2.62. The van der Waals surface area contributed by atoms with E-state index < -0.39 is 12.0 Å². The Kier molecular flexibility index (Phi) is 7.25. The third-order valence-electron chi connectivity index (χ3n) is 3.77. The van der Waals surface area contributed by atoms with Gasteiger partial charge in [-0.05, 0) is 43.1 Å². The van der Waals surface area contributed by atoms with Crippen LogP contribution in [0, 0.1) is 0 Å². The quantitative estimate of drug-likeness (QED) is 0.493. The van der Waals surface area contributed by atoms with E-state index in [-0.39, 0.29) is 11.3 Å². The summed E-state index contributed by atoms with van der Waals surface area (Å²) in [6, 6.07) is 14.0. The highest BCUT2D eigenvalue weighted by Gasteiger charge is 2.09. The SMILES string of the molecule is NC(=O)c1cc(OCCCCNCC(O)c2ccccc2)ccc1O. The first-order valence-electron chi connectivity index (χ1n) is 8.27. The van der Waals surface area contributed by atoms with Gasteiger partial charge in [0.2, 0.25) is 0 Å². The fraction of sp³-hybridized carbons (Fsp3) is 0.316. The van der Waals surface area contributed by atoms with Gasteiger partial charge in [0.1, 0.15) is 11.5 Å². The lowest BCUT2D eigenvalue weighted by Crippen LogP contribution is -2.22. The summed E-state index contributed by atoms with van der Waals surface area (Å²) in [5.41, 5.74) is 6.13. The molecule has 25 heavy (non-hydrogen) atoms. The van der Waals surface area contributed by atoms with Gasteiger partial charge in [-0.2, -0.15) is 0 Å². The van der Waals surface area contributed by atoms with Crippen molar-refractivity contribution in [2.75, 3.05) is 19.7 Å². The molecule has 6 nitrogen and oxygen atoms in total. The molecule has 0 saturated carbocycles. The number of hydrogen-bond acceptors (Lipinski definition) is 5. The average molecular weight is 344 g/mol. The number of amides is 1. The molecule has 0 spiro atoms. The molecule has 2 aromatic rings. The van der Waals surface area contributed by atoms with Gasteiger partial charge in [0.05, 0.1) is 18.3 Å². The van der Waals surface area contributed by atoms with Crippen molar-refractivity contribution in [3.8, 4) is 11.5 Å². The van der Waals surface area contributed by atoms with Crippen LogP contribution in [0.4, 0.5) is 0 Å². The standard InChI is InChI=1S/C19H24N2O4/c20-19(24)16-12-15(8-9-17(16)22)25-11-5-4-10-21-13-18(23)14-6-2-1-3-7-14/h1-3,6-9,12,18,21-23H,4-5,10-11,13H2,(H2,20,24). The van der Waals surface area contributed by atoms with Crippen molar-refractivity contribution in [2.45, 2.75) is 18.9 Å². The summed E-state index contributed by atoms with van der Waals surface area (Å²) in [6.07, 6.45) is 1.20. The summed E-state index contributed by atoms with van der Waals surface area (Å²) in [5.74, 6) is -0.343. The van der Waals surface area contributed by atoms with E-state index in [0.717, 1.165) is 24.9 Å². The van der Waals surface area contributed by atoms with Crippen molar-refractivity contribution in [1.82, 2.24) is 5.32 Å². The van der Waals surface area contributed by atoms with Crippen LogP contribution in [0.15, 0.2) is 48.5 Å². The molecule has 0 fully saturated rings. The van der Waals surface area contributed by atoms with Gasteiger partial charge in [0.15, 0.2) is 0 Å². The van der Waals surface area contributed by atoms with Crippen molar-refractivity contribution in [3.05, 3.63) is 59.7 Å². The van der Waals surface area contributed by atoms with Crippen LogP contribution in [0.3, 0.4) is 0 Å². The highest BCUT2D eigenvalue weighted by atomic mass is 16.5. The summed E-state index contributed by atoms with van der Waals surface area (Å²) < 4.78 is 5.55. The normalized spacial score (nSPS) is 11.9. The lowest BCUT2D eigenvalue weighted by atomic mass is 10.1. The molecule has 0 saturated heterocycles. The van der Waals surface area contributed by atoms with Gasteiger partial charge in [-0.3, -0.25) is 4.79 Å². The molecule has 1 unspecified atom stereocenters. The van der Waals surface area contributed by atoms with E-state index in [0.29, 0.717) is 18.9 Å². The van der Waals surface area contributed by atoms with Crippen molar-refractivity contribution in [3.63, 3.8) is 0 Å². The van der Waals surface area contributed by atoms with E-state index in [1.54, 1.807) is 6.07 Å². The molecule has 2 rings (SSSR count). The minimum atomic E-state index is -0.691. The Balaban J connectivity index is 1.61. The van der Waals surface area contributed by atoms with E-state index in [1.165, 1.54) is 12.1 Å². The molecule has 134 valence electrons. The van der Waals surface area contributed by atoms with Crippen molar-refractivity contribution in [1.29, 1.82) is 0 Å². The lowest BCUT2D eigenvalue weighted by molar-refractivity contribution is 0.0997. The summed E-state index contributed by atoms with van der Waals surface area (Å²) in [4.78, 5) is 11.2. The number of phenols is 1. The molecule has 0 bridgehead atoms. The Morgan fingerprint density at radius 3 is 2.64 bits per heavy atom. The number of carbonyl (C=O) groups excluding carboxylic acids is 1. The second-order valence-electron chi connectivity index (χ2n) is 5.73. The highest BCUT2D eigenvalue weighted by Crippen LogP contribution is 2.22. The van der Waals surface area contributed by atoms with Crippen LogP contribution in [0.1, 0.15) is 34.9 Å². The predicted molar refractivity (Wildman–Crippen MR) is 95.6 cm³/mol. The zero-order valence-electron chi connectivity index (χ0n) is 14.0. The topological polar surface area (TPSA) is 105 Å². The largest absolute Gasteiger partial charge is 0.507 e. The third kappa shape index (κ3) is 6.10. The van der Waals surface area contributed by atoms with E-state index in [2.05, 4.69) is 5.32 Å². The maximum atomic E-state index is 11.2. The molecule has 0 aliphatic carbocycles. The second kappa shape index (κ2) is 9.66. The maximum absolute atomic E-state index is 11.2. The van der Waals surface area contributed by atoms with Crippen LogP contribution in [0.2, 0.25) is 0 Å². The van der Waals surface area contributed by atoms with E-state index in [4.69, 9.17) is 10.5 Å².